The van der Waals surface area contributed by atoms with Crippen LogP contribution in [-0.2, 0) is 44.8 Å². The van der Waals surface area contributed by atoms with Gasteiger partial charge in [0.2, 0.25) is 47.3 Å². The Bertz CT molecular complexity index is 1560. The molecule has 1 fully saturated rings. The summed E-state index contributed by atoms with van der Waals surface area (Å²) in [6.45, 7) is 3.34. The maximum Gasteiger partial charge on any atom is 0.243 e. The first-order valence-corrected chi connectivity index (χ1v) is 19.3. The number of rotatable bonds is 16. The molecule has 1 heterocycles. The molecule has 57 heavy (non-hydrogen) atoms. The minimum atomic E-state index is -1.34. The van der Waals surface area contributed by atoms with Crippen molar-refractivity contribution >= 4 is 53.2 Å². The van der Waals surface area contributed by atoms with Gasteiger partial charge >= 0.3 is 0 Å². The second-order valence-electron chi connectivity index (χ2n) is 13.9. The summed E-state index contributed by atoms with van der Waals surface area (Å²) in [4.78, 5) is 110. The van der Waals surface area contributed by atoms with Gasteiger partial charge < -0.3 is 60.2 Å². The van der Waals surface area contributed by atoms with Gasteiger partial charge in [-0.05, 0) is 57.1 Å². The van der Waals surface area contributed by atoms with Gasteiger partial charge in [0.05, 0.1) is 0 Å². The Hall–Kier alpha value is -5.79. The highest BCUT2D eigenvalue weighted by Crippen LogP contribution is 2.10. The van der Waals surface area contributed by atoms with Crippen LogP contribution >= 0.6 is 0 Å². The standard InChI is InChI=1S/C37H60N12O8/c1-3-4-12-25(44-22(2)50)32(53)48-28-15-16-30(51)42-20-17-24(31(39)52)45-33(54)27(14-9-19-43-37(40)41)47-36(57)29(21-23-10-6-5-7-11-23)49-34(55)26(13-8-18-38)46-35(28)56/h5-7,10-11,24-29H,3-4,8-9,12-21,38H2,1-2H3,(H2,39,52)(H,42,51)(H,44,50)(H,45,54)(H,46,56)(H,47,57)(H,48,53)(H,49,55)(H4,40,41,43)/t24-,25-,26-,27-,28?,29?/m0/s1. The van der Waals surface area contributed by atoms with E-state index in [-0.39, 0.29) is 83.4 Å². The average Bonchev–Trinajstić information content (AvgIpc) is 3.16. The van der Waals surface area contributed by atoms with E-state index >= 15 is 0 Å². The summed E-state index contributed by atoms with van der Waals surface area (Å²) in [6, 6.07) is 1.45. The quantitative estimate of drug-likeness (QED) is 0.0453. The van der Waals surface area contributed by atoms with Crippen molar-refractivity contribution in [3.8, 4) is 0 Å². The maximum atomic E-state index is 14.0. The summed E-state index contributed by atoms with van der Waals surface area (Å²) in [5, 5.41) is 18.4. The van der Waals surface area contributed by atoms with Crippen LogP contribution in [0.2, 0.25) is 0 Å². The van der Waals surface area contributed by atoms with E-state index in [0.717, 1.165) is 6.42 Å². The Morgan fingerprint density at radius 2 is 1.44 bits per heavy atom. The van der Waals surface area contributed by atoms with Crippen LogP contribution in [0.4, 0.5) is 0 Å². The topological polar surface area (TPSA) is 337 Å². The molecule has 1 aliphatic heterocycles. The zero-order valence-electron chi connectivity index (χ0n) is 32.8. The predicted octanol–water partition coefficient (Wildman–Crippen LogP) is -3.07. The van der Waals surface area contributed by atoms with Crippen LogP contribution < -0.4 is 60.2 Å². The molecule has 0 saturated carbocycles. The van der Waals surface area contributed by atoms with Crippen molar-refractivity contribution in [1.82, 2.24) is 37.2 Å². The van der Waals surface area contributed by atoms with Crippen molar-refractivity contribution in [2.45, 2.75) is 121 Å². The Balaban J connectivity index is 2.57. The highest BCUT2D eigenvalue weighted by molar-refractivity contribution is 5.97. The van der Waals surface area contributed by atoms with Crippen LogP contribution in [0, 0.1) is 0 Å². The number of nitrogens with one attached hydrogen (secondary N) is 7. The highest BCUT2D eigenvalue weighted by Gasteiger charge is 2.33. The molecule has 1 aromatic carbocycles. The van der Waals surface area contributed by atoms with E-state index in [1.54, 1.807) is 30.3 Å². The Morgan fingerprint density at radius 3 is 2.05 bits per heavy atom. The first-order valence-electron chi connectivity index (χ1n) is 19.3. The third-order valence-corrected chi connectivity index (χ3v) is 9.07. The molecular weight excluding hydrogens is 740 g/mol. The van der Waals surface area contributed by atoms with Gasteiger partial charge in [-0.2, -0.15) is 0 Å². The molecule has 0 aliphatic carbocycles. The SMILES string of the molecule is CCCC[C@H](NC(C)=O)C(=O)NC1CCC(=O)NCC[C@@H](C(N)=O)NC(=O)[C@H](CCCN=C(N)N)NC(=O)C(Cc2ccccc2)NC(=O)[C@H](CCCN)NC1=O. The minimum absolute atomic E-state index is 0.0169. The van der Waals surface area contributed by atoms with Crippen LogP contribution in [0.5, 0.6) is 0 Å². The van der Waals surface area contributed by atoms with E-state index in [9.17, 15) is 38.4 Å². The minimum Gasteiger partial charge on any atom is -0.370 e. The van der Waals surface area contributed by atoms with Gasteiger partial charge in [-0.3, -0.25) is 43.3 Å². The van der Waals surface area contributed by atoms with E-state index in [0.29, 0.717) is 12.0 Å². The number of carbonyl (C=O) groups excluding carboxylic acids is 8. The number of hydrogen-bond acceptors (Lipinski definition) is 10. The molecular formula is C37H60N12O8. The molecule has 8 amide bonds. The van der Waals surface area contributed by atoms with E-state index in [1.165, 1.54) is 6.92 Å². The summed E-state index contributed by atoms with van der Waals surface area (Å²) < 4.78 is 0. The average molecular weight is 801 g/mol. The van der Waals surface area contributed by atoms with Gasteiger partial charge in [0.25, 0.3) is 0 Å². The molecule has 20 heteroatoms. The number of hydrogen-bond donors (Lipinski definition) is 11. The van der Waals surface area contributed by atoms with E-state index < -0.39 is 83.5 Å². The number of primary amides is 1. The monoisotopic (exact) mass is 800 g/mol. The molecule has 1 saturated heterocycles. The van der Waals surface area contributed by atoms with Crippen LogP contribution in [0.3, 0.4) is 0 Å². The summed E-state index contributed by atoms with van der Waals surface area (Å²) in [7, 11) is 0. The van der Waals surface area contributed by atoms with Crippen molar-refractivity contribution in [3.05, 3.63) is 35.9 Å². The van der Waals surface area contributed by atoms with Crippen LogP contribution in [0.25, 0.3) is 0 Å². The van der Waals surface area contributed by atoms with Crippen molar-refractivity contribution in [3.63, 3.8) is 0 Å². The normalized spacial score (nSPS) is 22.0. The molecule has 15 N–H and O–H groups in total. The fraction of sp³-hybridized carbons (Fsp3) is 0.595. The van der Waals surface area contributed by atoms with Crippen LogP contribution in [0.1, 0.15) is 83.6 Å². The zero-order valence-corrected chi connectivity index (χ0v) is 32.8. The maximum absolute atomic E-state index is 14.0. The highest BCUT2D eigenvalue weighted by atomic mass is 16.2. The summed E-state index contributed by atoms with van der Waals surface area (Å²) in [5.41, 5.74) is 22.9. The Morgan fingerprint density at radius 1 is 0.825 bits per heavy atom. The molecule has 2 unspecified atom stereocenters. The van der Waals surface area contributed by atoms with Crippen LogP contribution in [0.15, 0.2) is 35.3 Å². The van der Waals surface area contributed by atoms with Crippen molar-refractivity contribution in [2.75, 3.05) is 19.6 Å². The van der Waals surface area contributed by atoms with E-state index in [1.807, 2.05) is 6.92 Å². The van der Waals surface area contributed by atoms with Crippen molar-refractivity contribution < 1.29 is 38.4 Å². The van der Waals surface area contributed by atoms with Gasteiger partial charge in [0.15, 0.2) is 5.96 Å². The lowest BCUT2D eigenvalue weighted by atomic mass is 10.0. The fourth-order valence-corrected chi connectivity index (χ4v) is 5.98. The number of guanidine groups is 1. The van der Waals surface area contributed by atoms with Gasteiger partial charge in [-0.1, -0.05) is 50.1 Å². The molecule has 0 bridgehead atoms. The lowest BCUT2D eigenvalue weighted by Crippen LogP contribution is -2.60. The van der Waals surface area contributed by atoms with E-state index in [4.69, 9.17) is 22.9 Å². The van der Waals surface area contributed by atoms with Gasteiger partial charge in [-0.25, -0.2) is 0 Å². The van der Waals surface area contributed by atoms with Crippen LogP contribution in [-0.4, -0.2) is 109 Å². The summed E-state index contributed by atoms with van der Waals surface area (Å²) >= 11 is 0. The number of nitrogens with two attached hydrogens (primary N) is 4. The summed E-state index contributed by atoms with van der Waals surface area (Å²) in [5.74, 6) is -5.79. The van der Waals surface area contributed by atoms with Gasteiger partial charge in [-0.15, -0.1) is 0 Å². The largest absolute Gasteiger partial charge is 0.370 e. The Labute approximate surface area is 332 Å². The van der Waals surface area contributed by atoms with Gasteiger partial charge in [0.1, 0.15) is 36.3 Å². The molecule has 20 nitrogen and oxygen atoms in total. The van der Waals surface area contributed by atoms with Gasteiger partial charge in [0, 0.05) is 32.9 Å². The number of benzene rings is 1. The smallest absolute Gasteiger partial charge is 0.243 e. The first kappa shape index (κ1) is 47.4. The second-order valence-corrected chi connectivity index (χ2v) is 13.9. The number of aliphatic imine (C=N–C) groups is 1. The molecule has 1 aromatic rings. The number of amides is 8. The van der Waals surface area contributed by atoms with Crippen molar-refractivity contribution in [1.29, 1.82) is 0 Å². The second kappa shape index (κ2) is 25.4. The lowest BCUT2D eigenvalue weighted by Gasteiger charge is -2.27. The third-order valence-electron chi connectivity index (χ3n) is 9.07. The third kappa shape index (κ3) is 18.1. The molecule has 0 radical (unpaired) electrons. The Kier molecular flexibility index (Phi) is 21.1. The number of carbonyl (C=O) groups is 8. The zero-order chi connectivity index (χ0) is 42.3. The molecule has 2 rings (SSSR count). The first-order chi connectivity index (χ1) is 27.1. The predicted molar refractivity (Wildman–Crippen MR) is 211 cm³/mol. The number of nitrogens with zero attached hydrogens (tertiary/aromatic N) is 1. The van der Waals surface area contributed by atoms with Crippen molar-refractivity contribution in [2.24, 2.45) is 27.9 Å². The molecule has 0 spiro atoms. The number of unbranched alkanes of at least 4 members (excludes halogenated alkanes) is 1. The molecule has 6 atom stereocenters. The van der Waals surface area contributed by atoms with E-state index in [2.05, 4.69) is 42.2 Å². The lowest BCUT2D eigenvalue weighted by molar-refractivity contribution is -0.135. The molecule has 0 aromatic heterocycles. The molecule has 1 aliphatic rings. The summed E-state index contributed by atoms with van der Waals surface area (Å²) in [6.07, 6.45) is 1.58. The molecule has 316 valence electrons. The fourth-order valence-electron chi connectivity index (χ4n) is 5.98.